The first kappa shape index (κ1) is 24.5. The largest absolute Gasteiger partial charge is 0.449 e. The molecule has 1 fully saturated rings. The molecule has 1 saturated heterocycles. The fourth-order valence-electron chi connectivity index (χ4n) is 5.07. The van der Waals surface area contributed by atoms with Crippen LogP contribution in [-0.2, 0) is 17.6 Å². The molecule has 1 aliphatic carbocycles. The van der Waals surface area contributed by atoms with Gasteiger partial charge in [0.2, 0.25) is 0 Å². The minimum atomic E-state index is -0.615. The Kier molecular flexibility index (Phi) is 7.07. The number of rotatable bonds is 4. The average Bonchev–Trinajstić information content (AvgIpc) is 2.91. The summed E-state index contributed by atoms with van der Waals surface area (Å²) in [6, 6.07) is 11.5. The summed E-state index contributed by atoms with van der Waals surface area (Å²) < 4.78 is 5.20. The summed E-state index contributed by atoms with van der Waals surface area (Å²) in [5.74, 6) is 0.155. The number of nitrogens with two attached hydrogens (primary N) is 1. The summed E-state index contributed by atoms with van der Waals surface area (Å²) in [4.78, 5) is 38.2. The molecule has 2 aromatic heterocycles. The van der Waals surface area contributed by atoms with Crippen molar-refractivity contribution < 1.29 is 14.3 Å². The second kappa shape index (κ2) is 10.4. The van der Waals surface area contributed by atoms with Crippen molar-refractivity contribution in [1.29, 1.82) is 0 Å². The zero-order valence-corrected chi connectivity index (χ0v) is 21.1. The molecule has 0 radical (unpaired) electrons. The normalized spacial score (nSPS) is 19.8. The Bertz CT molecular complexity index is 1290. The molecular weight excluding hydrogens is 478 g/mol. The first-order valence-corrected chi connectivity index (χ1v) is 12.8. The number of amides is 2. The van der Waals surface area contributed by atoms with Gasteiger partial charge >= 0.3 is 6.09 Å². The van der Waals surface area contributed by atoms with Crippen LogP contribution in [0.5, 0.6) is 0 Å². The van der Waals surface area contributed by atoms with E-state index in [1.165, 1.54) is 4.90 Å². The van der Waals surface area contributed by atoms with Gasteiger partial charge in [0.15, 0.2) is 0 Å². The van der Waals surface area contributed by atoms with Gasteiger partial charge in [-0.25, -0.2) is 4.79 Å². The van der Waals surface area contributed by atoms with Gasteiger partial charge in [0, 0.05) is 47.5 Å². The van der Waals surface area contributed by atoms with Crippen molar-refractivity contribution in [3.63, 3.8) is 0 Å². The van der Waals surface area contributed by atoms with E-state index in [0.717, 1.165) is 53.0 Å². The minimum Gasteiger partial charge on any atom is -0.449 e. The van der Waals surface area contributed by atoms with E-state index >= 15 is 0 Å². The van der Waals surface area contributed by atoms with Crippen LogP contribution >= 0.6 is 11.6 Å². The zero-order valence-electron chi connectivity index (χ0n) is 20.3. The lowest BCUT2D eigenvalue weighted by molar-refractivity contribution is 0.0390. The van der Waals surface area contributed by atoms with Gasteiger partial charge < -0.3 is 15.4 Å². The molecule has 2 amide bonds. The van der Waals surface area contributed by atoms with Gasteiger partial charge in [-0.05, 0) is 55.5 Å². The van der Waals surface area contributed by atoms with Crippen LogP contribution in [0.3, 0.4) is 0 Å². The molecule has 2 aliphatic rings. The van der Waals surface area contributed by atoms with Crippen molar-refractivity contribution in [1.82, 2.24) is 19.8 Å². The number of halogens is 1. The van der Waals surface area contributed by atoms with Gasteiger partial charge in [0.25, 0.3) is 5.91 Å². The fraction of sp³-hybridized carbons (Fsp3) is 0.407. The molecular formula is C27H30ClN5O3. The van der Waals surface area contributed by atoms with Gasteiger partial charge in [0.1, 0.15) is 6.17 Å². The van der Waals surface area contributed by atoms with E-state index in [2.05, 4.69) is 11.1 Å². The molecule has 0 saturated carbocycles. The molecule has 3 aromatic rings. The van der Waals surface area contributed by atoms with E-state index in [-0.39, 0.29) is 12.5 Å². The Hall–Kier alpha value is -3.23. The standard InChI is InChI=1S/C27H30ClN5O3/c1-2-13-36-27(35)33-12-11-32(16-24(33)29)26(34)18-7-9-20-23(15-18)31-22-14-17(6-8-19(22)25(20)28)21-5-3-4-10-30-21/h3-5,7,9-10,15,17,24H,2,6,8,11-14,16,29H2,1H3/t17?,24-/m0/s1. The van der Waals surface area contributed by atoms with Crippen LogP contribution in [0.2, 0.25) is 5.02 Å². The van der Waals surface area contributed by atoms with Gasteiger partial charge in [0.05, 0.1) is 23.7 Å². The number of hydrogen-bond donors (Lipinski definition) is 1. The number of hydrogen-bond acceptors (Lipinski definition) is 6. The first-order valence-electron chi connectivity index (χ1n) is 12.5. The molecule has 0 spiro atoms. The predicted octanol–water partition coefficient (Wildman–Crippen LogP) is 4.14. The average molecular weight is 508 g/mol. The second-order valence-electron chi connectivity index (χ2n) is 9.40. The maximum atomic E-state index is 13.3. The van der Waals surface area contributed by atoms with Crippen LogP contribution < -0.4 is 5.73 Å². The Morgan fingerprint density at radius 3 is 2.83 bits per heavy atom. The Morgan fingerprint density at radius 2 is 2.08 bits per heavy atom. The van der Waals surface area contributed by atoms with Crippen molar-refractivity contribution in [2.75, 3.05) is 26.2 Å². The number of nitrogens with zero attached hydrogens (tertiary/aromatic N) is 4. The van der Waals surface area contributed by atoms with Crippen LogP contribution in [0.15, 0.2) is 42.6 Å². The molecule has 1 unspecified atom stereocenters. The van der Waals surface area contributed by atoms with Crippen LogP contribution in [0.25, 0.3) is 10.9 Å². The van der Waals surface area contributed by atoms with Crippen molar-refractivity contribution in [2.24, 2.45) is 5.73 Å². The summed E-state index contributed by atoms with van der Waals surface area (Å²) in [5, 5.41) is 1.57. The van der Waals surface area contributed by atoms with Crippen molar-refractivity contribution in [3.8, 4) is 0 Å². The number of ether oxygens (including phenoxy) is 1. The molecule has 1 aliphatic heterocycles. The number of aromatic nitrogens is 2. The first-order chi connectivity index (χ1) is 17.5. The topological polar surface area (TPSA) is 102 Å². The summed E-state index contributed by atoms with van der Waals surface area (Å²) in [7, 11) is 0. The third-order valence-electron chi connectivity index (χ3n) is 7.01. The highest BCUT2D eigenvalue weighted by molar-refractivity contribution is 6.36. The van der Waals surface area contributed by atoms with E-state index < -0.39 is 12.3 Å². The molecule has 36 heavy (non-hydrogen) atoms. The van der Waals surface area contributed by atoms with E-state index in [4.69, 9.17) is 27.1 Å². The maximum absolute atomic E-state index is 13.3. The van der Waals surface area contributed by atoms with E-state index in [1.54, 1.807) is 11.0 Å². The summed E-state index contributed by atoms with van der Waals surface area (Å²) >= 11 is 6.82. The number of benzene rings is 1. The van der Waals surface area contributed by atoms with Crippen molar-refractivity contribution in [3.05, 3.63) is 70.1 Å². The molecule has 0 bridgehead atoms. The lowest BCUT2D eigenvalue weighted by Crippen LogP contribution is -2.60. The van der Waals surface area contributed by atoms with Crippen LogP contribution in [0.4, 0.5) is 4.79 Å². The van der Waals surface area contributed by atoms with E-state index in [0.29, 0.717) is 36.7 Å². The Balaban J connectivity index is 1.35. The van der Waals surface area contributed by atoms with Gasteiger partial charge in [-0.1, -0.05) is 30.7 Å². The monoisotopic (exact) mass is 507 g/mol. The SMILES string of the molecule is CCCOC(=O)N1CCN(C(=O)c2ccc3c(Cl)c4c(nc3c2)CC(c2ccccn2)CC4)C[C@H]1N. The number of pyridine rings is 2. The van der Waals surface area contributed by atoms with Crippen molar-refractivity contribution >= 4 is 34.5 Å². The molecule has 9 heteroatoms. The van der Waals surface area contributed by atoms with Gasteiger partial charge in [-0.15, -0.1) is 0 Å². The third kappa shape index (κ3) is 4.75. The lowest BCUT2D eigenvalue weighted by atomic mass is 9.84. The highest BCUT2D eigenvalue weighted by atomic mass is 35.5. The summed E-state index contributed by atoms with van der Waals surface area (Å²) in [6.07, 6.45) is 4.11. The van der Waals surface area contributed by atoms with Gasteiger partial charge in [-0.2, -0.15) is 0 Å². The quantitative estimate of drug-likeness (QED) is 0.569. The number of piperazine rings is 1. The zero-order chi connectivity index (χ0) is 25.2. The van der Waals surface area contributed by atoms with Crippen LogP contribution in [-0.4, -0.2) is 64.2 Å². The molecule has 2 N–H and O–H groups in total. The van der Waals surface area contributed by atoms with Gasteiger partial charge in [-0.3, -0.25) is 19.7 Å². The maximum Gasteiger partial charge on any atom is 0.411 e. The van der Waals surface area contributed by atoms with Crippen LogP contribution in [0, 0.1) is 0 Å². The molecule has 3 heterocycles. The number of fused-ring (bicyclic) bond motifs is 2. The Morgan fingerprint density at radius 1 is 1.22 bits per heavy atom. The second-order valence-corrected chi connectivity index (χ2v) is 9.78. The molecule has 1 aromatic carbocycles. The molecule has 2 atom stereocenters. The minimum absolute atomic E-state index is 0.143. The summed E-state index contributed by atoms with van der Waals surface area (Å²) in [5.41, 5.74) is 10.6. The van der Waals surface area contributed by atoms with Crippen molar-refractivity contribution in [2.45, 2.75) is 44.7 Å². The molecule has 188 valence electrons. The number of carbonyl (C=O) groups is 2. The smallest absolute Gasteiger partial charge is 0.411 e. The Labute approximate surface area is 215 Å². The lowest BCUT2D eigenvalue weighted by Gasteiger charge is -2.38. The fourth-order valence-corrected chi connectivity index (χ4v) is 5.43. The van der Waals surface area contributed by atoms with Crippen LogP contribution in [0.1, 0.15) is 53.0 Å². The van der Waals surface area contributed by atoms with E-state index in [1.807, 2.05) is 37.4 Å². The van der Waals surface area contributed by atoms with E-state index in [9.17, 15) is 9.59 Å². The molecule has 5 rings (SSSR count). The highest BCUT2D eigenvalue weighted by Gasteiger charge is 2.32. The highest BCUT2D eigenvalue weighted by Crippen LogP contribution is 2.37. The number of carbonyl (C=O) groups excluding carboxylic acids is 2. The third-order valence-corrected chi connectivity index (χ3v) is 7.44. The molecule has 8 nitrogen and oxygen atoms in total. The predicted molar refractivity (Wildman–Crippen MR) is 138 cm³/mol. The summed E-state index contributed by atoms with van der Waals surface area (Å²) in [6.45, 7) is 3.24.